The zero-order chi connectivity index (χ0) is 29.6. The quantitative estimate of drug-likeness (QED) is 0.267. The fourth-order valence-corrected chi connectivity index (χ4v) is 5.62. The van der Waals surface area contributed by atoms with Gasteiger partial charge in [0.1, 0.15) is 11.6 Å². The van der Waals surface area contributed by atoms with E-state index in [1.807, 2.05) is 38.7 Å². The molecule has 212 valence electrons. The standard InChI is InChI=1S/C30H31ClFN7O2/c1-6-23(40)37-12-13-38(18(5)15-37)28-19-14-20(31)26(24-21(32)8-7-9-22(24)33)35-29(19)39(30(41)36-28)27-17(4)10-11-34-25(27)16(2)3/h6-11,14,16,18H,1,12-13,15,33H2,2-5H3/t18-/m0/s1. The van der Waals surface area contributed by atoms with E-state index in [0.29, 0.717) is 42.2 Å². The molecular formula is C30H31ClFN7O2. The number of rotatable bonds is 5. The lowest BCUT2D eigenvalue weighted by molar-refractivity contribution is -0.126. The Morgan fingerprint density at radius 3 is 2.66 bits per heavy atom. The predicted molar refractivity (Wildman–Crippen MR) is 160 cm³/mol. The van der Waals surface area contributed by atoms with Gasteiger partial charge in [0, 0.05) is 37.6 Å². The van der Waals surface area contributed by atoms with Gasteiger partial charge >= 0.3 is 5.69 Å². The number of hydrogen-bond donors (Lipinski definition) is 1. The van der Waals surface area contributed by atoms with Crippen molar-refractivity contribution < 1.29 is 9.18 Å². The van der Waals surface area contributed by atoms with Gasteiger partial charge in [0.15, 0.2) is 5.65 Å². The van der Waals surface area contributed by atoms with Gasteiger partial charge in [-0.25, -0.2) is 18.7 Å². The summed E-state index contributed by atoms with van der Waals surface area (Å²) < 4.78 is 16.5. The Labute approximate surface area is 242 Å². The first kappa shape index (κ1) is 28.2. The third-order valence-electron chi connectivity index (χ3n) is 7.39. The first-order chi connectivity index (χ1) is 19.5. The molecule has 0 aliphatic carbocycles. The fourth-order valence-electron chi connectivity index (χ4n) is 5.38. The molecule has 1 amide bonds. The van der Waals surface area contributed by atoms with Crippen molar-refractivity contribution in [2.24, 2.45) is 0 Å². The second-order valence-electron chi connectivity index (χ2n) is 10.5. The molecule has 1 aliphatic rings. The number of pyridine rings is 2. The van der Waals surface area contributed by atoms with Gasteiger partial charge in [-0.2, -0.15) is 4.98 Å². The van der Waals surface area contributed by atoms with Crippen molar-refractivity contribution in [3.63, 3.8) is 0 Å². The Hall–Kier alpha value is -4.31. The number of carbonyl (C=O) groups excluding carboxylic acids is 1. The average Bonchev–Trinajstić information content (AvgIpc) is 2.93. The Morgan fingerprint density at radius 1 is 1.24 bits per heavy atom. The minimum atomic E-state index is -0.584. The van der Waals surface area contributed by atoms with Crippen LogP contribution in [0.1, 0.15) is 37.9 Å². The highest BCUT2D eigenvalue weighted by Crippen LogP contribution is 2.38. The summed E-state index contributed by atoms with van der Waals surface area (Å²) in [7, 11) is 0. The van der Waals surface area contributed by atoms with Crippen LogP contribution in [0, 0.1) is 12.7 Å². The lowest BCUT2D eigenvalue weighted by Crippen LogP contribution is -2.54. The van der Waals surface area contributed by atoms with E-state index in [1.165, 1.54) is 22.8 Å². The summed E-state index contributed by atoms with van der Waals surface area (Å²) in [4.78, 5) is 43.8. The highest BCUT2D eigenvalue weighted by Gasteiger charge is 2.30. The number of fused-ring (bicyclic) bond motifs is 1. The Kier molecular flexibility index (Phi) is 7.52. The van der Waals surface area contributed by atoms with Crippen LogP contribution in [-0.2, 0) is 4.79 Å². The first-order valence-electron chi connectivity index (χ1n) is 13.3. The maximum absolute atomic E-state index is 15.1. The number of nitrogens with two attached hydrogens (primary N) is 1. The van der Waals surface area contributed by atoms with Crippen molar-refractivity contribution in [3.8, 4) is 16.9 Å². The van der Waals surface area contributed by atoms with Gasteiger partial charge in [-0.3, -0.25) is 9.78 Å². The SMILES string of the molecule is C=CC(=O)N1CCN(c2nc(=O)n(-c3c(C)ccnc3C(C)C)c3nc(-c4c(N)cccc4F)c(Cl)cc23)[C@@H](C)C1. The highest BCUT2D eigenvalue weighted by molar-refractivity contribution is 6.34. The molecule has 0 radical (unpaired) electrons. The molecule has 0 spiro atoms. The smallest absolute Gasteiger partial charge is 0.355 e. The van der Waals surface area contributed by atoms with Gasteiger partial charge in [-0.15, -0.1) is 0 Å². The maximum atomic E-state index is 15.1. The molecule has 1 aromatic carbocycles. The van der Waals surface area contributed by atoms with Gasteiger partial charge in [0.25, 0.3) is 0 Å². The maximum Gasteiger partial charge on any atom is 0.355 e. The number of hydrogen-bond acceptors (Lipinski definition) is 7. The number of nitrogens with zero attached hydrogens (tertiary/aromatic N) is 6. The topological polar surface area (TPSA) is 110 Å². The molecule has 0 bridgehead atoms. The molecular weight excluding hydrogens is 545 g/mol. The minimum Gasteiger partial charge on any atom is -0.398 e. The lowest BCUT2D eigenvalue weighted by Gasteiger charge is -2.40. The fraction of sp³-hybridized carbons (Fsp3) is 0.300. The highest BCUT2D eigenvalue weighted by atomic mass is 35.5. The summed E-state index contributed by atoms with van der Waals surface area (Å²) in [6.45, 7) is 12.7. The van der Waals surface area contributed by atoms with Crippen molar-refractivity contribution in [3.05, 3.63) is 81.8 Å². The van der Waals surface area contributed by atoms with Crippen molar-refractivity contribution >= 4 is 40.0 Å². The van der Waals surface area contributed by atoms with E-state index in [4.69, 9.17) is 22.3 Å². The molecule has 1 saturated heterocycles. The molecule has 4 heterocycles. The molecule has 4 aromatic rings. The van der Waals surface area contributed by atoms with Crippen LogP contribution < -0.4 is 16.3 Å². The van der Waals surface area contributed by atoms with E-state index in [1.54, 1.807) is 23.2 Å². The van der Waals surface area contributed by atoms with Crippen LogP contribution in [0.4, 0.5) is 15.9 Å². The number of piperazine rings is 1. The van der Waals surface area contributed by atoms with Crippen LogP contribution in [0.2, 0.25) is 5.02 Å². The van der Waals surface area contributed by atoms with Crippen molar-refractivity contribution in [1.82, 2.24) is 24.4 Å². The molecule has 9 nitrogen and oxygen atoms in total. The molecule has 1 atom stereocenters. The Balaban J connectivity index is 1.83. The molecule has 0 saturated carbocycles. The summed E-state index contributed by atoms with van der Waals surface area (Å²) in [5.41, 5.74) is 8.24. The number of carbonyl (C=O) groups is 1. The molecule has 1 aliphatic heterocycles. The van der Waals surface area contributed by atoms with E-state index in [0.717, 1.165) is 5.56 Å². The predicted octanol–water partition coefficient (Wildman–Crippen LogP) is 4.87. The Morgan fingerprint density at radius 2 is 2.00 bits per heavy atom. The van der Waals surface area contributed by atoms with E-state index in [9.17, 15) is 9.59 Å². The molecule has 11 heteroatoms. The van der Waals surface area contributed by atoms with Crippen molar-refractivity contribution in [2.75, 3.05) is 30.3 Å². The molecule has 2 N–H and O–H groups in total. The van der Waals surface area contributed by atoms with E-state index >= 15 is 4.39 Å². The van der Waals surface area contributed by atoms with Crippen molar-refractivity contribution in [1.29, 1.82) is 0 Å². The van der Waals surface area contributed by atoms with Crippen LogP contribution in [-0.4, -0.2) is 56.0 Å². The minimum absolute atomic E-state index is 0.0176. The number of benzene rings is 1. The summed E-state index contributed by atoms with van der Waals surface area (Å²) >= 11 is 6.77. The number of anilines is 2. The zero-order valence-corrected chi connectivity index (χ0v) is 24.1. The van der Waals surface area contributed by atoms with Gasteiger partial charge in [-0.1, -0.05) is 38.1 Å². The molecule has 41 heavy (non-hydrogen) atoms. The second-order valence-corrected chi connectivity index (χ2v) is 10.9. The zero-order valence-electron chi connectivity index (χ0n) is 23.4. The van der Waals surface area contributed by atoms with Crippen LogP contribution in [0.15, 0.2) is 54.0 Å². The van der Waals surface area contributed by atoms with Crippen LogP contribution >= 0.6 is 11.6 Å². The third-order valence-corrected chi connectivity index (χ3v) is 7.68. The van der Waals surface area contributed by atoms with E-state index in [2.05, 4.69) is 16.5 Å². The number of halogens is 2. The average molecular weight is 576 g/mol. The molecule has 0 unspecified atom stereocenters. The number of aryl methyl sites for hydroxylation is 1. The largest absolute Gasteiger partial charge is 0.398 e. The second kappa shape index (κ2) is 10.9. The molecule has 3 aromatic heterocycles. The van der Waals surface area contributed by atoms with Gasteiger partial charge in [0.2, 0.25) is 5.91 Å². The monoisotopic (exact) mass is 575 g/mol. The van der Waals surface area contributed by atoms with Crippen LogP contribution in [0.25, 0.3) is 28.0 Å². The first-order valence-corrected chi connectivity index (χ1v) is 13.7. The molecule has 1 fully saturated rings. The van der Waals surface area contributed by atoms with Crippen molar-refractivity contribution in [2.45, 2.75) is 39.7 Å². The summed E-state index contributed by atoms with van der Waals surface area (Å²) in [5.74, 6) is -0.376. The van der Waals surface area contributed by atoms with Crippen LogP contribution in [0.3, 0.4) is 0 Å². The summed E-state index contributed by atoms with van der Waals surface area (Å²) in [5, 5.41) is 0.657. The molecule has 5 rings (SSSR count). The number of amides is 1. The number of aromatic nitrogens is 4. The van der Waals surface area contributed by atoms with E-state index < -0.39 is 11.5 Å². The summed E-state index contributed by atoms with van der Waals surface area (Å²) in [6.07, 6.45) is 2.99. The Bertz CT molecular complexity index is 1730. The summed E-state index contributed by atoms with van der Waals surface area (Å²) in [6, 6.07) is 7.65. The third kappa shape index (κ3) is 4.93. The van der Waals surface area contributed by atoms with E-state index in [-0.39, 0.29) is 45.5 Å². The van der Waals surface area contributed by atoms with Gasteiger partial charge < -0.3 is 15.5 Å². The van der Waals surface area contributed by atoms with Crippen LogP contribution in [0.5, 0.6) is 0 Å². The lowest BCUT2D eigenvalue weighted by atomic mass is 10.0. The van der Waals surface area contributed by atoms with Gasteiger partial charge in [0.05, 0.1) is 33.0 Å². The van der Waals surface area contributed by atoms with Gasteiger partial charge in [-0.05, 0) is 55.7 Å². The number of nitrogen functional groups attached to an aromatic ring is 1. The normalized spacial score (nSPS) is 15.5.